The second kappa shape index (κ2) is 3.81. The van der Waals surface area contributed by atoms with Gasteiger partial charge in [0, 0.05) is 11.6 Å². The van der Waals surface area contributed by atoms with Crippen molar-refractivity contribution in [1.82, 2.24) is 0 Å². The van der Waals surface area contributed by atoms with Crippen LogP contribution in [-0.4, -0.2) is 4.92 Å². The van der Waals surface area contributed by atoms with Gasteiger partial charge in [0.25, 0.3) is 5.69 Å². The normalized spacial score (nSPS) is 10.9. The molecule has 0 bridgehead atoms. The summed E-state index contributed by atoms with van der Waals surface area (Å²) in [4.78, 5) is 10.6. The van der Waals surface area contributed by atoms with Gasteiger partial charge in [-0.25, -0.2) is 0 Å². The summed E-state index contributed by atoms with van der Waals surface area (Å²) in [5, 5.41) is 15.1. The molecule has 0 heterocycles. The maximum atomic E-state index is 10.9. The van der Waals surface area contributed by atoms with Crippen LogP contribution in [0.25, 0.3) is 21.5 Å². The third-order valence-corrected chi connectivity index (χ3v) is 3.22. The number of rotatable bonds is 1. The van der Waals surface area contributed by atoms with Crippen molar-refractivity contribution in [2.75, 3.05) is 0 Å². The molecule has 0 aromatic heterocycles. The van der Waals surface area contributed by atoms with Gasteiger partial charge < -0.3 is 0 Å². The van der Waals surface area contributed by atoms with E-state index < -0.39 is 0 Å². The van der Waals surface area contributed by atoms with Gasteiger partial charge in [-0.05, 0) is 46.7 Å². The fourth-order valence-corrected chi connectivity index (χ4v) is 2.29. The third kappa shape index (κ3) is 1.61. The first kappa shape index (κ1) is 10.7. The van der Waals surface area contributed by atoms with Crippen LogP contribution < -0.4 is 0 Å². The number of nitro groups is 1. The lowest BCUT2D eigenvalue weighted by molar-refractivity contribution is -0.385. The number of nitro benzene ring substituents is 1. The molecule has 0 amide bonds. The molecule has 3 heteroatoms. The highest BCUT2D eigenvalue weighted by molar-refractivity contribution is 5.99. The van der Waals surface area contributed by atoms with Crippen LogP contribution in [-0.2, 0) is 0 Å². The predicted octanol–water partition coefficient (Wildman–Crippen LogP) is 4.21. The number of nitrogens with zero attached hydrogens (tertiary/aromatic N) is 1. The van der Waals surface area contributed by atoms with E-state index in [1.54, 1.807) is 13.0 Å². The SMILES string of the molecule is Cc1cc2cc3ccccc3cc2cc1[N+](=O)[O-]. The van der Waals surface area contributed by atoms with Crippen LogP contribution in [0.3, 0.4) is 0 Å². The first-order chi connectivity index (χ1) is 8.65. The first-order valence-electron chi connectivity index (χ1n) is 5.73. The predicted molar refractivity (Wildman–Crippen MR) is 72.8 cm³/mol. The third-order valence-electron chi connectivity index (χ3n) is 3.22. The van der Waals surface area contributed by atoms with Crippen molar-refractivity contribution in [2.45, 2.75) is 6.92 Å². The molecule has 0 N–H and O–H groups in total. The molecule has 0 unspecified atom stereocenters. The molecule has 3 aromatic carbocycles. The van der Waals surface area contributed by atoms with Crippen molar-refractivity contribution in [2.24, 2.45) is 0 Å². The zero-order chi connectivity index (χ0) is 12.7. The molecule has 0 aliphatic rings. The highest BCUT2D eigenvalue weighted by Crippen LogP contribution is 2.28. The maximum absolute atomic E-state index is 10.9. The molecule has 0 fully saturated rings. The second-order valence-electron chi connectivity index (χ2n) is 4.44. The maximum Gasteiger partial charge on any atom is 0.272 e. The Morgan fingerprint density at radius 1 is 0.889 bits per heavy atom. The Labute approximate surface area is 104 Å². The molecule has 0 saturated carbocycles. The van der Waals surface area contributed by atoms with Gasteiger partial charge in [-0.3, -0.25) is 10.1 Å². The summed E-state index contributed by atoms with van der Waals surface area (Å²) in [7, 11) is 0. The van der Waals surface area contributed by atoms with Crippen LogP contribution in [0.5, 0.6) is 0 Å². The van der Waals surface area contributed by atoms with Crippen LogP contribution in [0, 0.1) is 17.0 Å². The van der Waals surface area contributed by atoms with E-state index in [9.17, 15) is 10.1 Å². The highest BCUT2D eigenvalue weighted by atomic mass is 16.6. The van der Waals surface area contributed by atoms with Crippen LogP contribution in [0.2, 0.25) is 0 Å². The molecule has 0 saturated heterocycles. The molecular formula is C15H11NO2. The molecule has 0 aliphatic carbocycles. The monoisotopic (exact) mass is 237 g/mol. The van der Waals surface area contributed by atoms with Gasteiger partial charge in [0.2, 0.25) is 0 Å². The van der Waals surface area contributed by atoms with Gasteiger partial charge in [-0.1, -0.05) is 24.3 Å². The summed E-state index contributed by atoms with van der Waals surface area (Å²) < 4.78 is 0. The fraction of sp³-hybridized carbons (Fsp3) is 0.0667. The second-order valence-corrected chi connectivity index (χ2v) is 4.44. The zero-order valence-corrected chi connectivity index (χ0v) is 9.88. The zero-order valence-electron chi connectivity index (χ0n) is 9.88. The van der Waals surface area contributed by atoms with Crippen LogP contribution in [0.4, 0.5) is 5.69 Å². The van der Waals surface area contributed by atoms with Gasteiger partial charge in [0.1, 0.15) is 0 Å². The summed E-state index contributed by atoms with van der Waals surface area (Å²) in [6.45, 7) is 1.77. The Bertz CT molecular complexity index is 778. The van der Waals surface area contributed by atoms with Crippen molar-refractivity contribution in [3.63, 3.8) is 0 Å². The largest absolute Gasteiger partial charge is 0.272 e. The molecule has 3 rings (SSSR count). The Hall–Kier alpha value is -2.42. The quantitative estimate of drug-likeness (QED) is 0.361. The minimum absolute atomic E-state index is 0.179. The minimum atomic E-state index is -0.329. The summed E-state index contributed by atoms with van der Waals surface area (Å²) in [5.41, 5.74) is 0.876. The Kier molecular flexibility index (Phi) is 2.27. The van der Waals surface area contributed by atoms with Gasteiger partial charge in [0.05, 0.1) is 4.92 Å². The van der Waals surface area contributed by atoms with Gasteiger partial charge in [-0.2, -0.15) is 0 Å². The van der Waals surface area contributed by atoms with Crippen molar-refractivity contribution in [1.29, 1.82) is 0 Å². The molecule has 0 atom stereocenters. The van der Waals surface area contributed by atoms with Gasteiger partial charge in [0.15, 0.2) is 0 Å². The van der Waals surface area contributed by atoms with Crippen molar-refractivity contribution < 1.29 is 4.92 Å². The molecule has 88 valence electrons. The van der Waals surface area contributed by atoms with Crippen LogP contribution in [0.1, 0.15) is 5.56 Å². The van der Waals surface area contributed by atoms with Crippen LogP contribution in [0.15, 0.2) is 48.5 Å². The number of fused-ring (bicyclic) bond motifs is 2. The van der Waals surface area contributed by atoms with E-state index in [0.717, 1.165) is 21.5 Å². The lowest BCUT2D eigenvalue weighted by Crippen LogP contribution is -1.91. The number of hydrogen-bond donors (Lipinski definition) is 0. The summed E-state index contributed by atoms with van der Waals surface area (Å²) in [6, 6.07) is 15.6. The number of aryl methyl sites for hydroxylation is 1. The number of benzene rings is 3. The van der Waals surface area contributed by atoms with E-state index in [1.165, 1.54) is 0 Å². The van der Waals surface area contributed by atoms with Crippen LogP contribution >= 0.6 is 0 Å². The topological polar surface area (TPSA) is 43.1 Å². The van der Waals surface area contributed by atoms with E-state index >= 15 is 0 Å². The van der Waals surface area contributed by atoms with E-state index in [0.29, 0.717) is 5.56 Å². The highest BCUT2D eigenvalue weighted by Gasteiger charge is 2.11. The molecular weight excluding hydrogens is 226 g/mol. The molecule has 3 nitrogen and oxygen atoms in total. The summed E-state index contributed by atoms with van der Waals surface area (Å²) >= 11 is 0. The van der Waals surface area contributed by atoms with Gasteiger partial charge >= 0.3 is 0 Å². The van der Waals surface area contributed by atoms with E-state index in [1.807, 2.05) is 36.4 Å². The smallest absolute Gasteiger partial charge is 0.258 e. The number of hydrogen-bond acceptors (Lipinski definition) is 2. The van der Waals surface area contributed by atoms with Crippen molar-refractivity contribution in [3.05, 3.63) is 64.2 Å². The van der Waals surface area contributed by atoms with Crippen molar-refractivity contribution >= 4 is 27.2 Å². The molecule has 0 spiro atoms. The Morgan fingerprint density at radius 3 is 2.00 bits per heavy atom. The van der Waals surface area contributed by atoms with Crippen molar-refractivity contribution in [3.8, 4) is 0 Å². The Morgan fingerprint density at radius 2 is 1.44 bits per heavy atom. The summed E-state index contributed by atoms with van der Waals surface area (Å²) in [5.74, 6) is 0. The standard InChI is InChI=1S/C15H11NO2/c1-10-6-13-7-11-4-2-3-5-12(11)8-14(13)9-15(10)16(17)18/h2-9H,1H3. The molecule has 18 heavy (non-hydrogen) atoms. The molecule has 0 aliphatic heterocycles. The average molecular weight is 237 g/mol. The van der Waals surface area contributed by atoms with E-state index in [-0.39, 0.29) is 10.6 Å². The Balaban J connectivity index is 2.40. The molecule has 0 radical (unpaired) electrons. The minimum Gasteiger partial charge on any atom is -0.258 e. The lowest BCUT2D eigenvalue weighted by atomic mass is 10.0. The van der Waals surface area contributed by atoms with Gasteiger partial charge in [-0.15, -0.1) is 0 Å². The lowest BCUT2D eigenvalue weighted by Gasteiger charge is -2.04. The van der Waals surface area contributed by atoms with E-state index in [2.05, 4.69) is 6.07 Å². The average Bonchev–Trinajstić information content (AvgIpc) is 2.35. The first-order valence-corrected chi connectivity index (χ1v) is 5.73. The summed E-state index contributed by atoms with van der Waals surface area (Å²) in [6.07, 6.45) is 0. The fourth-order valence-electron chi connectivity index (χ4n) is 2.29. The molecule has 3 aromatic rings. The van der Waals surface area contributed by atoms with E-state index in [4.69, 9.17) is 0 Å².